The summed E-state index contributed by atoms with van der Waals surface area (Å²) in [5.74, 6) is -0.237. The lowest BCUT2D eigenvalue weighted by atomic mass is 10.1. The SMILES string of the molecule is Cc1c([C@@H](C)NC(=O)Cn2cnc3sccc3c2=O)cnn1C. The van der Waals surface area contributed by atoms with Crippen LogP contribution in [0.25, 0.3) is 10.2 Å². The zero-order valence-corrected chi connectivity index (χ0v) is 13.9. The third-order valence-electron chi connectivity index (χ3n) is 3.88. The highest BCUT2D eigenvalue weighted by molar-refractivity contribution is 7.16. The number of rotatable bonds is 4. The molecule has 0 saturated carbocycles. The maximum atomic E-state index is 12.3. The van der Waals surface area contributed by atoms with E-state index < -0.39 is 0 Å². The van der Waals surface area contributed by atoms with Gasteiger partial charge in [-0.25, -0.2) is 4.98 Å². The molecule has 1 amide bonds. The van der Waals surface area contributed by atoms with Gasteiger partial charge in [0.2, 0.25) is 5.91 Å². The molecule has 3 aromatic rings. The highest BCUT2D eigenvalue weighted by Crippen LogP contribution is 2.16. The second-order valence-corrected chi connectivity index (χ2v) is 6.31. The lowest BCUT2D eigenvalue weighted by molar-refractivity contribution is -0.122. The average Bonchev–Trinajstić information content (AvgIpc) is 3.10. The standard InChI is InChI=1S/C15H17N5O2S/c1-9(12-6-17-19(3)10(12)2)18-13(21)7-20-8-16-14-11(15(20)22)4-5-23-14/h4-6,8-9H,7H2,1-3H3,(H,18,21)/t9-/m1/s1. The van der Waals surface area contributed by atoms with Gasteiger partial charge in [0.15, 0.2) is 0 Å². The van der Waals surface area contributed by atoms with E-state index in [9.17, 15) is 9.59 Å². The summed E-state index contributed by atoms with van der Waals surface area (Å²) in [5.41, 5.74) is 1.76. The van der Waals surface area contributed by atoms with Crippen molar-refractivity contribution in [2.45, 2.75) is 26.4 Å². The van der Waals surface area contributed by atoms with Gasteiger partial charge in [-0.2, -0.15) is 5.10 Å². The molecule has 0 aliphatic heterocycles. The zero-order chi connectivity index (χ0) is 16.6. The molecule has 0 fully saturated rings. The quantitative estimate of drug-likeness (QED) is 0.783. The number of aromatic nitrogens is 4. The van der Waals surface area contributed by atoms with Gasteiger partial charge in [-0.3, -0.25) is 18.8 Å². The van der Waals surface area contributed by atoms with E-state index >= 15 is 0 Å². The minimum absolute atomic E-state index is 0.0543. The third-order valence-corrected chi connectivity index (χ3v) is 4.70. The third kappa shape index (κ3) is 2.89. The number of amides is 1. The van der Waals surface area contributed by atoms with Crippen molar-refractivity contribution in [3.05, 3.63) is 45.6 Å². The van der Waals surface area contributed by atoms with Gasteiger partial charge >= 0.3 is 0 Å². The van der Waals surface area contributed by atoms with Gasteiger partial charge in [-0.05, 0) is 25.3 Å². The molecule has 1 N–H and O–H groups in total. The van der Waals surface area contributed by atoms with E-state index in [1.54, 1.807) is 16.9 Å². The summed E-state index contributed by atoms with van der Waals surface area (Å²) < 4.78 is 3.09. The summed E-state index contributed by atoms with van der Waals surface area (Å²) in [5, 5.41) is 9.42. The van der Waals surface area contributed by atoms with Crippen molar-refractivity contribution in [2.75, 3.05) is 0 Å². The fourth-order valence-electron chi connectivity index (χ4n) is 2.47. The van der Waals surface area contributed by atoms with E-state index in [1.807, 2.05) is 26.3 Å². The van der Waals surface area contributed by atoms with Crippen LogP contribution in [0.1, 0.15) is 24.2 Å². The Kier molecular flexibility index (Phi) is 3.99. The fraction of sp³-hybridized carbons (Fsp3) is 0.333. The van der Waals surface area contributed by atoms with Gasteiger partial charge in [0.05, 0.1) is 24.0 Å². The van der Waals surface area contributed by atoms with E-state index in [2.05, 4.69) is 15.4 Å². The minimum Gasteiger partial charge on any atom is -0.348 e. The molecule has 1 atom stereocenters. The molecule has 0 unspecified atom stereocenters. The van der Waals surface area contributed by atoms with Crippen LogP contribution in [0.4, 0.5) is 0 Å². The van der Waals surface area contributed by atoms with E-state index in [-0.39, 0.29) is 24.1 Å². The molecule has 120 valence electrons. The zero-order valence-electron chi connectivity index (χ0n) is 13.1. The maximum Gasteiger partial charge on any atom is 0.262 e. The number of nitrogens with zero attached hydrogens (tertiary/aromatic N) is 4. The number of nitrogens with one attached hydrogen (secondary N) is 1. The molecule has 0 saturated heterocycles. The highest BCUT2D eigenvalue weighted by Gasteiger charge is 2.15. The van der Waals surface area contributed by atoms with Gasteiger partial charge in [-0.1, -0.05) is 0 Å². The Hall–Kier alpha value is -2.48. The lowest BCUT2D eigenvalue weighted by Crippen LogP contribution is -2.34. The van der Waals surface area contributed by atoms with Crippen LogP contribution in [0.3, 0.4) is 0 Å². The van der Waals surface area contributed by atoms with Crippen LogP contribution in [-0.4, -0.2) is 25.2 Å². The van der Waals surface area contributed by atoms with Crippen LogP contribution < -0.4 is 10.9 Å². The monoisotopic (exact) mass is 331 g/mol. The van der Waals surface area contributed by atoms with Gasteiger partial charge < -0.3 is 5.32 Å². The number of aryl methyl sites for hydroxylation is 1. The Morgan fingerprint density at radius 3 is 2.96 bits per heavy atom. The Labute approximate surface area is 136 Å². The summed E-state index contributed by atoms with van der Waals surface area (Å²) in [6.45, 7) is 3.79. The molecule has 0 aromatic carbocycles. The van der Waals surface area contributed by atoms with Crippen molar-refractivity contribution in [1.82, 2.24) is 24.6 Å². The molecule has 3 rings (SSSR count). The first kappa shape index (κ1) is 15.4. The van der Waals surface area contributed by atoms with Crippen LogP contribution in [0.15, 0.2) is 28.8 Å². The van der Waals surface area contributed by atoms with Crippen LogP contribution in [0.5, 0.6) is 0 Å². The summed E-state index contributed by atoms with van der Waals surface area (Å²) in [4.78, 5) is 29.4. The van der Waals surface area contributed by atoms with Crippen LogP contribution in [0.2, 0.25) is 0 Å². The first-order chi connectivity index (χ1) is 11.0. The number of thiophene rings is 1. The molecule has 0 radical (unpaired) electrons. The van der Waals surface area contributed by atoms with E-state index in [4.69, 9.17) is 0 Å². The minimum atomic E-state index is -0.237. The first-order valence-electron chi connectivity index (χ1n) is 7.18. The molecule has 3 aromatic heterocycles. The first-order valence-corrected chi connectivity index (χ1v) is 8.06. The van der Waals surface area contributed by atoms with Gasteiger partial charge in [0.25, 0.3) is 5.56 Å². The lowest BCUT2D eigenvalue weighted by Gasteiger charge is -2.14. The second kappa shape index (κ2) is 5.96. The van der Waals surface area contributed by atoms with Crippen molar-refractivity contribution >= 4 is 27.5 Å². The number of carbonyl (C=O) groups is 1. The summed E-state index contributed by atoms with van der Waals surface area (Å²) >= 11 is 1.41. The fourth-order valence-corrected chi connectivity index (χ4v) is 3.19. The number of hydrogen-bond acceptors (Lipinski definition) is 5. The Morgan fingerprint density at radius 2 is 2.26 bits per heavy atom. The Balaban J connectivity index is 1.74. The molecular weight excluding hydrogens is 314 g/mol. The predicted molar refractivity (Wildman–Crippen MR) is 88.4 cm³/mol. The van der Waals surface area contributed by atoms with Crippen molar-refractivity contribution < 1.29 is 4.79 Å². The summed E-state index contributed by atoms with van der Waals surface area (Å²) in [6.07, 6.45) is 3.16. The van der Waals surface area contributed by atoms with Crippen LogP contribution >= 0.6 is 11.3 Å². The van der Waals surface area contributed by atoms with Crippen LogP contribution in [0, 0.1) is 6.92 Å². The van der Waals surface area contributed by atoms with Crippen molar-refractivity contribution in [1.29, 1.82) is 0 Å². The number of carbonyl (C=O) groups excluding carboxylic acids is 1. The van der Waals surface area contributed by atoms with Crippen LogP contribution in [-0.2, 0) is 18.4 Å². The molecule has 0 bridgehead atoms. The predicted octanol–water partition coefficient (Wildman–Crippen LogP) is 1.38. The maximum absolute atomic E-state index is 12.3. The Morgan fingerprint density at radius 1 is 1.48 bits per heavy atom. The molecule has 0 spiro atoms. The topological polar surface area (TPSA) is 81.8 Å². The molecular formula is C15H17N5O2S. The molecule has 7 nitrogen and oxygen atoms in total. The largest absolute Gasteiger partial charge is 0.348 e. The van der Waals surface area contributed by atoms with Gasteiger partial charge in [0.1, 0.15) is 11.4 Å². The van der Waals surface area contributed by atoms with E-state index in [1.165, 1.54) is 22.2 Å². The average molecular weight is 331 g/mol. The number of fused-ring (bicyclic) bond motifs is 1. The molecule has 0 aliphatic rings. The molecule has 3 heterocycles. The van der Waals surface area contributed by atoms with Gasteiger partial charge in [0, 0.05) is 18.3 Å². The summed E-state index contributed by atoms with van der Waals surface area (Å²) in [7, 11) is 1.86. The Bertz CT molecular complexity index is 923. The normalized spacial score (nSPS) is 12.5. The molecule has 23 heavy (non-hydrogen) atoms. The summed E-state index contributed by atoms with van der Waals surface area (Å²) in [6, 6.07) is 1.55. The molecule has 0 aliphatic carbocycles. The van der Waals surface area contributed by atoms with E-state index in [0.29, 0.717) is 10.2 Å². The molecule has 8 heteroatoms. The van der Waals surface area contributed by atoms with Crippen molar-refractivity contribution in [3.63, 3.8) is 0 Å². The van der Waals surface area contributed by atoms with Crippen molar-refractivity contribution in [2.24, 2.45) is 7.05 Å². The smallest absolute Gasteiger partial charge is 0.262 e. The van der Waals surface area contributed by atoms with Crippen molar-refractivity contribution in [3.8, 4) is 0 Å². The highest BCUT2D eigenvalue weighted by atomic mass is 32.1. The van der Waals surface area contributed by atoms with E-state index in [0.717, 1.165) is 11.3 Å². The van der Waals surface area contributed by atoms with Gasteiger partial charge in [-0.15, -0.1) is 11.3 Å². The number of hydrogen-bond donors (Lipinski definition) is 1. The second-order valence-electron chi connectivity index (χ2n) is 5.42.